The van der Waals surface area contributed by atoms with E-state index in [1.165, 1.54) is 24.7 Å². The van der Waals surface area contributed by atoms with E-state index in [1.807, 2.05) is 18.2 Å². The minimum atomic E-state index is -1.87. The maximum absolute atomic E-state index is 14.5. The SMILES string of the molecule is CC[C@H](C)[C@H](NC(=O)[C@H](CC(=O)O)NC(=O)[C@H](CC(C)C)NC(=O)[C@H](Cc1cnc[nH]1)NC(=O)[C@H](CO)NC(=O)[C@H](Cc1ccccc1)NC(=O)[C@H](Cc1ccc(O)cc1)NC(=O)[C@@H](N)C(C)C)C(=O)N[C@H](C(=O)N[C@@H](Cc1c[nH]c2ccccc12)C(=O)O)[C@@H](C)CC. The number of benzene rings is 3. The number of aromatic amines is 2. The Labute approximate surface area is 538 Å². The number of fused-ring (bicyclic) bond motifs is 1. The van der Waals surface area contributed by atoms with Gasteiger partial charge in [-0.3, -0.25) is 47.9 Å². The van der Waals surface area contributed by atoms with Crippen molar-refractivity contribution in [2.24, 2.45) is 29.4 Å². The fourth-order valence-corrected chi connectivity index (χ4v) is 10.1. The highest BCUT2D eigenvalue weighted by molar-refractivity contribution is 5.99. The minimum absolute atomic E-state index is 0.0439. The number of aromatic hydroxyl groups is 1. The van der Waals surface area contributed by atoms with Gasteiger partial charge in [0.05, 0.1) is 25.4 Å². The molecule has 0 saturated carbocycles. The summed E-state index contributed by atoms with van der Waals surface area (Å²) in [5.41, 5.74) is 8.93. The van der Waals surface area contributed by atoms with Crippen LogP contribution < -0.4 is 53.6 Å². The Hall–Kier alpha value is -9.70. The lowest BCUT2D eigenvalue weighted by atomic mass is 9.94. The number of phenolic OH excluding ortho intramolecular Hbond substituents is 1. The van der Waals surface area contributed by atoms with Crippen molar-refractivity contribution < 1.29 is 73.2 Å². The number of nitrogens with zero attached hydrogens (tertiary/aromatic N) is 1. The van der Waals surface area contributed by atoms with Crippen molar-refractivity contribution in [3.05, 3.63) is 120 Å². The smallest absolute Gasteiger partial charge is 0.326 e. The number of aromatic nitrogens is 3. The van der Waals surface area contributed by atoms with Crippen LogP contribution >= 0.6 is 0 Å². The van der Waals surface area contributed by atoms with Gasteiger partial charge in [0.1, 0.15) is 60.1 Å². The third-order valence-corrected chi connectivity index (χ3v) is 16.0. The van der Waals surface area contributed by atoms with Gasteiger partial charge in [0.2, 0.25) is 53.2 Å². The number of nitrogens with one attached hydrogen (secondary N) is 11. The van der Waals surface area contributed by atoms with Gasteiger partial charge in [-0.25, -0.2) is 9.78 Å². The summed E-state index contributed by atoms with van der Waals surface area (Å²) >= 11 is 0. The highest BCUT2D eigenvalue weighted by atomic mass is 16.4. The molecule has 28 nitrogen and oxygen atoms in total. The molecule has 0 aliphatic carbocycles. The molecular formula is C65H89N13O15. The normalized spacial score (nSPS) is 15.2. The number of nitrogens with two attached hydrogens (primary N) is 1. The second-order valence-electron chi connectivity index (χ2n) is 24.1. The number of aliphatic hydroxyl groups is 1. The molecule has 0 radical (unpaired) electrons. The van der Waals surface area contributed by atoms with Gasteiger partial charge < -0.3 is 84.0 Å². The van der Waals surface area contributed by atoms with Crippen molar-refractivity contribution in [2.75, 3.05) is 6.61 Å². The topological polar surface area (TPSA) is 447 Å². The van der Waals surface area contributed by atoms with E-state index >= 15 is 0 Å². The van der Waals surface area contributed by atoms with Crippen molar-refractivity contribution in [3.8, 4) is 5.75 Å². The molecule has 0 unspecified atom stereocenters. The molecule has 504 valence electrons. The Morgan fingerprint density at radius 3 is 1.49 bits per heavy atom. The summed E-state index contributed by atoms with van der Waals surface area (Å²) in [5, 5.41) is 64.7. The van der Waals surface area contributed by atoms with Crippen LogP contribution in [0.15, 0.2) is 97.6 Å². The molecule has 9 amide bonds. The molecule has 17 N–H and O–H groups in total. The van der Waals surface area contributed by atoms with E-state index in [0.717, 1.165) is 10.9 Å². The van der Waals surface area contributed by atoms with Gasteiger partial charge in [-0.2, -0.15) is 0 Å². The summed E-state index contributed by atoms with van der Waals surface area (Å²) in [7, 11) is 0. The lowest BCUT2D eigenvalue weighted by Gasteiger charge is -2.31. The predicted molar refractivity (Wildman–Crippen MR) is 342 cm³/mol. The summed E-state index contributed by atoms with van der Waals surface area (Å²) < 4.78 is 0. The molecule has 2 heterocycles. The molecule has 0 spiro atoms. The second kappa shape index (κ2) is 35.8. The van der Waals surface area contributed by atoms with Crippen LogP contribution in [0.1, 0.15) is 103 Å². The molecule has 0 bridgehead atoms. The van der Waals surface area contributed by atoms with Gasteiger partial charge in [0.25, 0.3) is 0 Å². The lowest BCUT2D eigenvalue weighted by Crippen LogP contribution is -2.62. The van der Waals surface area contributed by atoms with Crippen molar-refractivity contribution in [1.29, 1.82) is 0 Å². The minimum Gasteiger partial charge on any atom is -0.508 e. The van der Waals surface area contributed by atoms with Crippen LogP contribution in [0.5, 0.6) is 5.75 Å². The molecule has 0 fully saturated rings. The van der Waals surface area contributed by atoms with E-state index in [1.54, 1.807) is 110 Å². The Kier molecular flexibility index (Phi) is 28.5. The van der Waals surface area contributed by atoms with Gasteiger partial charge >= 0.3 is 11.9 Å². The number of carbonyl (C=O) groups excluding carboxylic acids is 9. The zero-order chi connectivity index (χ0) is 68.6. The third kappa shape index (κ3) is 22.6. The largest absolute Gasteiger partial charge is 0.508 e. The molecule has 5 aromatic rings. The number of phenols is 1. The highest BCUT2D eigenvalue weighted by Crippen LogP contribution is 2.21. The molecule has 2 aromatic heterocycles. The number of aliphatic hydroxyl groups excluding tert-OH is 1. The molecule has 12 atom stereocenters. The van der Waals surface area contributed by atoms with E-state index in [4.69, 9.17) is 5.73 Å². The fraction of sp³-hybridized carbons (Fsp3) is 0.477. The van der Waals surface area contributed by atoms with Crippen LogP contribution in [0.25, 0.3) is 10.9 Å². The van der Waals surface area contributed by atoms with E-state index in [2.05, 4.69) is 62.8 Å². The van der Waals surface area contributed by atoms with E-state index < -0.39 is 150 Å². The molecule has 0 saturated heterocycles. The molecule has 93 heavy (non-hydrogen) atoms. The molecular weight excluding hydrogens is 1200 g/mol. The number of carbonyl (C=O) groups is 11. The number of amides is 9. The predicted octanol–water partition coefficient (Wildman–Crippen LogP) is 0.904. The van der Waals surface area contributed by atoms with Crippen molar-refractivity contribution in [1.82, 2.24) is 62.8 Å². The first-order valence-electron chi connectivity index (χ1n) is 31.0. The van der Waals surface area contributed by atoms with Crippen LogP contribution in [0.3, 0.4) is 0 Å². The number of hydrogen-bond acceptors (Lipinski definition) is 15. The lowest BCUT2D eigenvalue weighted by molar-refractivity contribution is -0.142. The number of carboxylic acid groups (broad SMARTS) is 2. The molecule has 28 heteroatoms. The number of aliphatic carboxylic acids is 2. The van der Waals surface area contributed by atoms with Gasteiger partial charge in [-0.05, 0) is 65.0 Å². The Balaban J connectivity index is 1.34. The molecule has 3 aromatic carbocycles. The zero-order valence-corrected chi connectivity index (χ0v) is 53.5. The fourth-order valence-electron chi connectivity index (χ4n) is 10.1. The number of carboxylic acids is 2. The molecule has 0 aliphatic heterocycles. The first-order chi connectivity index (χ1) is 44.1. The maximum atomic E-state index is 14.5. The Morgan fingerprint density at radius 1 is 0.505 bits per heavy atom. The summed E-state index contributed by atoms with van der Waals surface area (Å²) in [6.07, 6.45) is 3.15. The molecule has 5 rings (SSSR count). The summed E-state index contributed by atoms with van der Waals surface area (Å²) in [4.78, 5) is 162. The summed E-state index contributed by atoms with van der Waals surface area (Å²) in [6, 6.07) is 6.94. The maximum Gasteiger partial charge on any atom is 0.326 e. The van der Waals surface area contributed by atoms with E-state index in [-0.39, 0.29) is 56.1 Å². The van der Waals surface area contributed by atoms with Gasteiger partial charge in [0.15, 0.2) is 0 Å². The average Bonchev–Trinajstić information content (AvgIpc) is 1.91. The standard InChI is InChI=1S/C65H89N13O15/c1-9-36(7)54(63(90)75-50(65(92)93)27-40-30-68-44-19-15-14-18-43(40)44)78-64(91)55(37(8)10-2)77-60(87)49(29-52(81)82)73-56(83)45(24-34(3)4)70-59(86)48(28-41-31-67-33-69-41)72-61(88)51(32-79)76-58(85)46(25-38-16-12-11-13-17-38)71-57(84)47(74-62(89)53(66)35(5)6)26-39-20-22-42(80)23-21-39/h11-23,30-31,33-37,45-51,53-55,68,79-80H,9-10,24-29,32,66H2,1-8H3,(H,67,69)(H,70,86)(H,71,84)(H,72,88)(H,73,83)(H,74,89)(H,75,90)(H,76,85)(H,77,87)(H,78,91)(H,81,82)(H,92,93)/t36-,37-,45-,46-,47-,48-,49-,50-,51-,53-,54-,55-/m0/s1. The summed E-state index contributed by atoms with van der Waals surface area (Å²) in [5.74, 6) is -13.1. The van der Waals surface area contributed by atoms with Crippen molar-refractivity contribution in [2.45, 2.75) is 167 Å². The quantitative estimate of drug-likeness (QED) is 0.0263. The van der Waals surface area contributed by atoms with Crippen LogP contribution in [-0.2, 0) is 78.4 Å². The first-order valence-corrected chi connectivity index (χ1v) is 31.0. The van der Waals surface area contributed by atoms with Gasteiger partial charge in [0, 0.05) is 54.7 Å². The highest BCUT2D eigenvalue weighted by Gasteiger charge is 2.39. The summed E-state index contributed by atoms with van der Waals surface area (Å²) in [6.45, 7) is 12.6. The molecule has 0 aliphatic rings. The van der Waals surface area contributed by atoms with E-state index in [9.17, 15) is 73.2 Å². The van der Waals surface area contributed by atoms with Crippen molar-refractivity contribution >= 4 is 76.0 Å². The van der Waals surface area contributed by atoms with Gasteiger partial charge in [-0.15, -0.1) is 0 Å². The Morgan fingerprint density at radius 2 is 0.968 bits per heavy atom. The van der Waals surface area contributed by atoms with Crippen LogP contribution in [-0.4, -0.2) is 168 Å². The Bertz CT molecular complexity index is 3340. The first kappa shape index (κ1) is 74.0. The van der Waals surface area contributed by atoms with E-state index in [0.29, 0.717) is 28.8 Å². The number of para-hydroxylation sites is 1. The van der Waals surface area contributed by atoms with Crippen LogP contribution in [0.2, 0.25) is 0 Å². The van der Waals surface area contributed by atoms with Crippen LogP contribution in [0, 0.1) is 23.7 Å². The average molecular weight is 1290 g/mol. The monoisotopic (exact) mass is 1290 g/mol. The third-order valence-electron chi connectivity index (χ3n) is 16.0. The number of imidazole rings is 1. The second-order valence-corrected chi connectivity index (χ2v) is 24.1. The number of H-pyrrole nitrogens is 2. The number of hydrogen-bond donors (Lipinski definition) is 16. The number of rotatable bonds is 37. The van der Waals surface area contributed by atoms with Crippen LogP contribution in [0.4, 0.5) is 0 Å². The van der Waals surface area contributed by atoms with Gasteiger partial charge in [-0.1, -0.05) is 129 Å². The zero-order valence-electron chi connectivity index (χ0n) is 53.5. The van der Waals surface area contributed by atoms with Crippen molar-refractivity contribution in [3.63, 3.8) is 0 Å².